The number of rotatable bonds is 2. The van der Waals surface area contributed by atoms with E-state index in [9.17, 15) is 4.39 Å². The van der Waals surface area contributed by atoms with Gasteiger partial charge in [-0.25, -0.2) is 9.37 Å². The number of nitrogen functional groups attached to an aromatic ring is 1. The second-order valence-corrected chi connectivity index (χ2v) is 3.98. The second-order valence-electron chi connectivity index (χ2n) is 3.18. The zero-order chi connectivity index (χ0) is 10.8. The van der Waals surface area contributed by atoms with Crippen LogP contribution >= 0.6 is 15.9 Å². The average molecular weight is 270 g/mol. The molecule has 2 N–H and O–H groups in total. The van der Waals surface area contributed by atoms with E-state index < -0.39 is 0 Å². The Morgan fingerprint density at radius 3 is 2.93 bits per heavy atom. The maximum atomic E-state index is 13.2. The van der Waals surface area contributed by atoms with Gasteiger partial charge in [0.1, 0.15) is 11.6 Å². The topological polar surface area (TPSA) is 43.8 Å². The number of imidazole rings is 1. The largest absolute Gasteiger partial charge is 0.382 e. The minimum atomic E-state index is -0.263. The highest BCUT2D eigenvalue weighted by molar-refractivity contribution is 9.10. The summed E-state index contributed by atoms with van der Waals surface area (Å²) in [5.41, 5.74) is 6.34. The van der Waals surface area contributed by atoms with E-state index in [2.05, 4.69) is 20.9 Å². The van der Waals surface area contributed by atoms with Crippen molar-refractivity contribution in [2.75, 3.05) is 5.73 Å². The lowest BCUT2D eigenvalue weighted by molar-refractivity contribution is 0.616. The fraction of sp³-hybridized carbons (Fsp3) is 0.100. The van der Waals surface area contributed by atoms with Crippen LogP contribution in [0.1, 0.15) is 5.56 Å². The van der Waals surface area contributed by atoms with Crippen LogP contribution in [0.5, 0.6) is 0 Å². The minimum Gasteiger partial charge on any atom is -0.382 e. The molecule has 1 aromatic heterocycles. The molecule has 0 aliphatic rings. The van der Waals surface area contributed by atoms with Crippen molar-refractivity contribution in [2.45, 2.75) is 6.54 Å². The van der Waals surface area contributed by atoms with Crippen molar-refractivity contribution in [3.05, 3.63) is 46.6 Å². The molecule has 15 heavy (non-hydrogen) atoms. The van der Waals surface area contributed by atoms with Crippen LogP contribution in [0.2, 0.25) is 0 Å². The van der Waals surface area contributed by atoms with Crippen molar-refractivity contribution in [3.8, 4) is 0 Å². The van der Waals surface area contributed by atoms with Gasteiger partial charge < -0.3 is 10.3 Å². The van der Waals surface area contributed by atoms with Gasteiger partial charge in [-0.05, 0) is 27.6 Å². The summed E-state index contributed by atoms with van der Waals surface area (Å²) in [5, 5.41) is 0. The predicted molar refractivity (Wildman–Crippen MR) is 59.8 cm³/mol. The maximum absolute atomic E-state index is 13.2. The van der Waals surface area contributed by atoms with Crippen LogP contribution in [-0.2, 0) is 6.54 Å². The summed E-state index contributed by atoms with van der Waals surface area (Å²) in [6, 6.07) is 4.94. The predicted octanol–water partition coefficient (Wildman–Crippen LogP) is 2.42. The van der Waals surface area contributed by atoms with E-state index >= 15 is 0 Å². The lowest BCUT2D eigenvalue weighted by atomic mass is 10.2. The van der Waals surface area contributed by atoms with Gasteiger partial charge in [-0.3, -0.25) is 0 Å². The molecular formula is C10H9BrFN3. The normalized spacial score (nSPS) is 10.5. The molecule has 78 valence electrons. The van der Waals surface area contributed by atoms with E-state index in [4.69, 9.17) is 5.73 Å². The van der Waals surface area contributed by atoms with Crippen molar-refractivity contribution in [3.63, 3.8) is 0 Å². The molecule has 0 saturated heterocycles. The van der Waals surface area contributed by atoms with Gasteiger partial charge in [0, 0.05) is 12.7 Å². The molecule has 1 heterocycles. The van der Waals surface area contributed by atoms with Gasteiger partial charge in [0.05, 0.1) is 10.8 Å². The molecular weight excluding hydrogens is 261 g/mol. The summed E-state index contributed by atoms with van der Waals surface area (Å²) in [5.74, 6) is 0.197. The van der Waals surface area contributed by atoms with Gasteiger partial charge in [-0.2, -0.15) is 0 Å². The monoisotopic (exact) mass is 269 g/mol. The number of aromatic nitrogens is 2. The first-order valence-corrected chi connectivity index (χ1v) is 5.16. The van der Waals surface area contributed by atoms with Gasteiger partial charge in [0.2, 0.25) is 0 Å². The van der Waals surface area contributed by atoms with Crippen LogP contribution in [0.3, 0.4) is 0 Å². The zero-order valence-electron chi connectivity index (χ0n) is 7.82. The van der Waals surface area contributed by atoms with Gasteiger partial charge in [-0.15, -0.1) is 0 Å². The van der Waals surface area contributed by atoms with Gasteiger partial charge in [-0.1, -0.05) is 12.1 Å². The highest BCUT2D eigenvalue weighted by Crippen LogP contribution is 2.21. The van der Waals surface area contributed by atoms with Crippen LogP contribution in [0.25, 0.3) is 0 Å². The summed E-state index contributed by atoms with van der Waals surface area (Å²) in [4.78, 5) is 3.90. The van der Waals surface area contributed by atoms with Crippen molar-refractivity contribution >= 4 is 21.7 Å². The second kappa shape index (κ2) is 4.02. The van der Waals surface area contributed by atoms with Crippen molar-refractivity contribution < 1.29 is 4.39 Å². The molecule has 3 nitrogen and oxygen atoms in total. The SMILES string of the molecule is Nc1cn(Cc2cccc(F)c2Br)cn1. The fourth-order valence-electron chi connectivity index (χ4n) is 1.33. The van der Waals surface area contributed by atoms with Gasteiger partial charge in [0.25, 0.3) is 0 Å². The molecule has 0 amide bonds. The molecule has 2 rings (SSSR count). The van der Waals surface area contributed by atoms with Gasteiger partial charge >= 0.3 is 0 Å². The minimum absolute atomic E-state index is 0.263. The van der Waals surface area contributed by atoms with E-state index in [1.54, 1.807) is 23.2 Å². The lowest BCUT2D eigenvalue weighted by Gasteiger charge is -2.05. The standard InChI is InChI=1S/C10H9BrFN3/c11-10-7(2-1-3-8(10)12)4-15-5-9(13)14-6-15/h1-3,5-6H,4,13H2. The Bertz CT molecular complexity index is 481. The molecule has 0 unspecified atom stereocenters. The lowest BCUT2D eigenvalue weighted by Crippen LogP contribution is -1.98. The molecule has 0 aliphatic carbocycles. The summed E-state index contributed by atoms with van der Waals surface area (Å²) in [6.45, 7) is 0.544. The number of anilines is 1. The smallest absolute Gasteiger partial charge is 0.141 e. The van der Waals surface area contributed by atoms with Crippen LogP contribution < -0.4 is 5.73 Å². The number of benzene rings is 1. The Labute approximate surface area is 94.9 Å². The molecule has 0 aliphatic heterocycles. The third kappa shape index (κ3) is 2.18. The number of nitrogens with two attached hydrogens (primary N) is 1. The maximum Gasteiger partial charge on any atom is 0.141 e. The first-order chi connectivity index (χ1) is 7.16. The van der Waals surface area contributed by atoms with Crippen LogP contribution in [0.4, 0.5) is 10.2 Å². The zero-order valence-corrected chi connectivity index (χ0v) is 9.41. The third-order valence-corrected chi connectivity index (χ3v) is 2.93. The van der Waals surface area contributed by atoms with Crippen molar-refractivity contribution in [2.24, 2.45) is 0 Å². The number of halogens is 2. The molecule has 5 heteroatoms. The van der Waals surface area contributed by atoms with E-state index in [-0.39, 0.29) is 5.82 Å². The fourth-order valence-corrected chi connectivity index (χ4v) is 1.72. The Hall–Kier alpha value is -1.36. The first kappa shape index (κ1) is 10.2. The van der Waals surface area contributed by atoms with E-state index in [1.165, 1.54) is 6.07 Å². The van der Waals surface area contributed by atoms with Crippen molar-refractivity contribution in [1.29, 1.82) is 0 Å². The van der Waals surface area contributed by atoms with Crippen LogP contribution in [0.15, 0.2) is 35.2 Å². The summed E-state index contributed by atoms with van der Waals surface area (Å²) in [6.07, 6.45) is 3.32. The molecule has 0 fully saturated rings. The number of hydrogen-bond acceptors (Lipinski definition) is 2. The van der Waals surface area contributed by atoms with E-state index in [0.717, 1.165) is 5.56 Å². The Morgan fingerprint density at radius 2 is 2.27 bits per heavy atom. The molecule has 0 atom stereocenters. The van der Waals surface area contributed by atoms with Crippen molar-refractivity contribution in [1.82, 2.24) is 9.55 Å². The summed E-state index contributed by atoms with van der Waals surface area (Å²) >= 11 is 3.20. The summed E-state index contributed by atoms with van der Waals surface area (Å²) in [7, 11) is 0. The Morgan fingerprint density at radius 1 is 1.47 bits per heavy atom. The quantitative estimate of drug-likeness (QED) is 0.910. The number of hydrogen-bond donors (Lipinski definition) is 1. The molecule has 2 aromatic rings. The first-order valence-electron chi connectivity index (χ1n) is 4.37. The highest BCUT2D eigenvalue weighted by atomic mass is 79.9. The third-order valence-electron chi connectivity index (χ3n) is 2.04. The van der Waals surface area contributed by atoms with Crippen LogP contribution in [0, 0.1) is 5.82 Å². The van der Waals surface area contributed by atoms with Crippen LogP contribution in [-0.4, -0.2) is 9.55 Å². The molecule has 0 radical (unpaired) electrons. The average Bonchev–Trinajstić information content (AvgIpc) is 2.59. The molecule has 0 spiro atoms. The highest BCUT2D eigenvalue weighted by Gasteiger charge is 2.05. The van der Waals surface area contributed by atoms with E-state index in [1.807, 2.05) is 6.07 Å². The molecule has 0 bridgehead atoms. The van der Waals surface area contributed by atoms with E-state index in [0.29, 0.717) is 16.8 Å². The molecule has 1 aromatic carbocycles. The number of nitrogens with zero attached hydrogens (tertiary/aromatic N) is 2. The molecule has 0 saturated carbocycles. The Kier molecular flexibility index (Phi) is 2.73. The van der Waals surface area contributed by atoms with Gasteiger partial charge in [0.15, 0.2) is 0 Å². The Balaban J connectivity index is 2.28. The summed E-state index contributed by atoms with van der Waals surface area (Å²) < 4.78 is 15.5.